The van der Waals surface area contributed by atoms with Gasteiger partial charge in [-0.2, -0.15) is 11.3 Å². The van der Waals surface area contributed by atoms with Crippen molar-refractivity contribution in [3.63, 3.8) is 0 Å². The molecule has 1 rings (SSSR count). The molecule has 4 nitrogen and oxygen atoms in total. The zero-order chi connectivity index (χ0) is 14.3. The van der Waals surface area contributed by atoms with Gasteiger partial charge in [-0.05, 0) is 36.2 Å². The fourth-order valence-corrected chi connectivity index (χ4v) is 2.19. The first-order valence-corrected chi connectivity index (χ1v) is 6.95. The molecule has 3 N–H and O–H groups in total. The Labute approximate surface area is 138 Å². The van der Waals surface area contributed by atoms with Gasteiger partial charge in [-0.25, -0.2) is 13.8 Å². The molecule has 0 amide bonds. The van der Waals surface area contributed by atoms with Gasteiger partial charge in [0.1, 0.15) is 5.60 Å². The lowest BCUT2D eigenvalue weighted by Crippen LogP contribution is -2.40. The largest absolute Gasteiger partial charge is 0.383 e. The Bertz CT molecular complexity index is 399. The van der Waals surface area contributed by atoms with E-state index in [4.69, 9.17) is 0 Å². The van der Waals surface area contributed by atoms with Crippen LogP contribution in [0.15, 0.2) is 21.8 Å². The van der Waals surface area contributed by atoms with E-state index in [0.29, 0.717) is 6.54 Å². The molecule has 1 atom stereocenters. The van der Waals surface area contributed by atoms with Crippen LogP contribution in [0.3, 0.4) is 0 Å². The van der Waals surface area contributed by atoms with E-state index in [9.17, 15) is 13.9 Å². The standard InChI is InChI=1S/C12H19F2N3OS.HI/c1-3-15-11(16-6-10(13)14)17-8-12(2,18)9-4-5-19-7-9;/h4-5,7,10,18H,3,6,8H2,1-2H3,(H2,15,16,17);1H. The highest BCUT2D eigenvalue weighted by atomic mass is 127. The summed E-state index contributed by atoms with van der Waals surface area (Å²) in [4.78, 5) is 4.13. The molecule has 1 aromatic rings. The molecular weight excluding hydrogens is 399 g/mol. The molecule has 1 heterocycles. The zero-order valence-corrected chi connectivity index (χ0v) is 14.5. The molecule has 0 aromatic carbocycles. The van der Waals surface area contributed by atoms with Gasteiger partial charge >= 0.3 is 0 Å². The highest BCUT2D eigenvalue weighted by Gasteiger charge is 2.23. The average Bonchev–Trinajstić information content (AvgIpc) is 2.87. The van der Waals surface area contributed by atoms with Crippen molar-refractivity contribution in [2.24, 2.45) is 4.99 Å². The van der Waals surface area contributed by atoms with E-state index in [1.165, 1.54) is 11.3 Å². The Balaban J connectivity index is 0.00000361. The summed E-state index contributed by atoms with van der Waals surface area (Å²) in [5.74, 6) is 0.276. The first kappa shape index (κ1) is 19.5. The van der Waals surface area contributed by atoms with Crippen molar-refractivity contribution in [3.8, 4) is 0 Å². The average molecular weight is 419 g/mol. The minimum atomic E-state index is -2.44. The number of alkyl halides is 2. The number of rotatable bonds is 6. The summed E-state index contributed by atoms with van der Waals surface area (Å²) in [5.41, 5.74) is -0.335. The lowest BCUT2D eigenvalue weighted by molar-refractivity contribution is 0.0677. The summed E-state index contributed by atoms with van der Waals surface area (Å²) >= 11 is 1.49. The fraction of sp³-hybridized carbons (Fsp3) is 0.583. The second-order valence-electron chi connectivity index (χ2n) is 4.25. The number of nitrogens with one attached hydrogen (secondary N) is 2. The van der Waals surface area contributed by atoms with Gasteiger partial charge in [-0.15, -0.1) is 24.0 Å². The topological polar surface area (TPSA) is 56.7 Å². The number of aliphatic hydroxyl groups is 1. The van der Waals surface area contributed by atoms with Crippen LogP contribution in [0.5, 0.6) is 0 Å². The van der Waals surface area contributed by atoms with E-state index in [0.717, 1.165) is 5.56 Å². The second kappa shape index (κ2) is 9.46. The highest BCUT2D eigenvalue weighted by molar-refractivity contribution is 14.0. The molecule has 0 aliphatic carbocycles. The molecule has 0 radical (unpaired) electrons. The monoisotopic (exact) mass is 419 g/mol. The van der Waals surface area contributed by atoms with Crippen LogP contribution in [0.4, 0.5) is 8.78 Å². The highest BCUT2D eigenvalue weighted by Crippen LogP contribution is 2.23. The van der Waals surface area contributed by atoms with E-state index < -0.39 is 18.6 Å². The number of thiophene rings is 1. The molecule has 20 heavy (non-hydrogen) atoms. The Morgan fingerprint density at radius 3 is 2.70 bits per heavy atom. The second-order valence-corrected chi connectivity index (χ2v) is 5.03. The van der Waals surface area contributed by atoms with E-state index >= 15 is 0 Å². The number of guanidine groups is 1. The third-order valence-electron chi connectivity index (χ3n) is 2.46. The molecule has 1 aromatic heterocycles. The van der Waals surface area contributed by atoms with Gasteiger partial charge in [0.2, 0.25) is 0 Å². The molecule has 1 unspecified atom stereocenters. The van der Waals surface area contributed by atoms with Gasteiger partial charge < -0.3 is 15.7 Å². The van der Waals surface area contributed by atoms with Crippen molar-refractivity contribution in [3.05, 3.63) is 22.4 Å². The first-order chi connectivity index (χ1) is 8.95. The summed E-state index contributed by atoms with van der Waals surface area (Å²) in [6.45, 7) is 3.69. The molecule has 0 fully saturated rings. The van der Waals surface area contributed by atoms with Crippen molar-refractivity contribution in [2.75, 3.05) is 19.6 Å². The van der Waals surface area contributed by atoms with Gasteiger partial charge in [0.05, 0.1) is 13.1 Å². The molecular formula is C12H20F2IN3OS. The van der Waals surface area contributed by atoms with Crippen LogP contribution in [-0.2, 0) is 5.60 Å². The molecule has 116 valence electrons. The van der Waals surface area contributed by atoms with E-state index in [1.807, 2.05) is 23.8 Å². The molecule has 0 spiro atoms. The molecule has 0 aliphatic rings. The smallest absolute Gasteiger partial charge is 0.255 e. The van der Waals surface area contributed by atoms with Gasteiger partial charge in [0.25, 0.3) is 6.43 Å². The van der Waals surface area contributed by atoms with Crippen molar-refractivity contribution in [1.29, 1.82) is 0 Å². The predicted molar refractivity (Wildman–Crippen MR) is 89.3 cm³/mol. The molecule has 0 bridgehead atoms. The van der Waals surface area contributed by atoms with Crippen LogP contribution in [-0.4, -0.2) is 37.1 Å². The van der Waals surface area contributed by atoms with E-state index in [1.54, 1.807) is 6.92 Å². The lowest BCUT2D eigenvalue weighted by atomic mass is 10.00. The maximum absolute atomic E-state index is 12.1. The number of hydrogen-bond acceptors (Lipinski definition) is 3. The van der Waals surface area contributed by atoms with Crippen LogP contribution < -0.4 is 10.6 Å². The van der Waals surface area contributed by atoms with E-state index in [-0.39, 0.29) is 36.5 Å². The van der Waals surface area contributed by atoms with Gasteiger partial charge in [0, 0.05) is 6.54 Å². The lowest BCUT2D eigenvalue weighted by Gasteiger charge is -2.21. The summed E-state index contributed by atoms with van der Waals surface area (Å²) in [6, 6.07) is 1.82. The summed E-state index contributed by atoms with van der Waals surface area (Å²) in [5, 5.41) is 19.3. The van der Waals surface area contributed by atoms with Gasteiger partial charge in [0.15, 0.2) is 5.96 Å². The number of aliphatic imine (C=N–C) groups is 1. The Kier molecular flexibility index (Phi) is 9.23. The van der Waals surface area contributed by atoms with Gasteiger partial charge in [-0.3, -0.25) is 0 Å². The van der Waals surface area contributed by atoms with Crippen LogP contribution in [0.2, 0.25) is 0 Å². The molecule has 0 saturated carbocycles. The summed E-state index contributed by atoms with van der Waals surface area (Å²) in [7, 11) is 0. The van der Waals surface area contributed by atoms with Crippen molar-refractivity contribution < 1.29 is 13.9 Å². The maximum Gasteiger partial charge on any atom is 0.255 e. The fourth-order valence-electron chi connectivity index (χ4n) is 1.41. The number of nitrogens with zero attached hydrogens (tertiary/aromatic N) is 1. The Morgan fingerprint density at radius 1 is 1.50 bits per heavy atom. The molecule has 0 saturated heterocycles. The molecule has 0 aliphatic heterocycles. The first-order valence-electron chi connectivity index (χ1n) is 6.01. The van der Waals surface area contributed by atoms with Crippen molar-refractivity contribution >= 4 is 41.3 Å². The summed E-state index contributed by atoms with van der Waals surface area (Å²) in [6.07, 6.45) is -2.44. The molecule has 8 heteroatoms. The third-order valence-corrected chi connectivity index (χ3v) is 3.14. The van der Waals surface area contributed by atoms with E-state index in [2.05, 4.69) is 15.6 Å². The van der Waals surface area contributed by atoms with Crippen molar-refractivity contribution in [1.82, 2.24) is 10.6 Å². The Morgan fingerprint density at radius 2 is 2.20 bits per heavy atom. The minimum Gasteiger partial charge on any atom is -0.383 e. The third kappa shape index (κ3) is 6.80. The quantitative estimate of drug-likeness (QED) is 0.377. The van der Waals surface area contributed by atoms with Crippen LogP contribution in [0, 0.1) is 0 Å². The van der Waals surface area contributed by atoms with Crippen LogP contribution >= 0.6 is 35.3 Å². The summed E-state index contributed by atoms with van der Waals surface area (Å²) < 4.78 is 24.3. The SMILES string of the molecule is CCNC(=NCC(C)(O)c1ccsc1)NCC(F)F.I. The normalized spacial score (nSPS) is 14.6. The predicted octanol–water partition coefficient (Wildman–Crippen LogP) is 2.39. The maximum atomic E-state index is 12.1. The number of hydrogen-bond donors (Lipinski definition) is 3. The van der Waals surface area contributed by atoms with Crippen molar-refractivity contribution in [2.45, 2.75) is 25.9 Å². The number of halogens is 3. The Hall–Kier alpha value is -0.480. The zero-order valence-electron chi connectivity index (χ0n) is 11.4. The van der Waals surface area contributed by atoms with Crippen LogP contribution in [0.25, 0.3) is 0 Å². The minimum absolute atomic E-state index is 0. The van der Waals surface area contributed by atoms with Gasteiger partial charge in [-0.1, -0.05) is 0 Å². The van der Waals surface area contributed by atoms with Crippen LogP contribution in [0.1, 0.15) is 19.4 Å².